The van der Waals surface area contributed by atoms with Gasteiger partial charge in [0.15, 0.2) is 0 Å². The van der Waals surface area contributed by atoms with Gasteiger partial charge in [0.2, 0.25) is 5.91 Å². The Morgan fingerprint density at radius 3 is 2.29 bits per heavy atom. The maximum Gasteiger partial charge on any atom is 0.269 e. The van der Waals surface area contributed by atoms with Gasteiger partial charge in [-0.05, 0) is 36.8 Å². The van der Waals surface area contributed by atoms with Gasteiger partial charge in [-0.25, -0.2) is 0 Å². The summed E-state index contributed by atoms with van der Waals surface area (Å²) >= 11 is 5.88. The smallest absolute Gasteiger partial charge is 0.269 e. The van der Waals surface area contributed by atoms with E-state index in [0.717, 1.165) is 37.4 Å². The molecule has 1 unspecified atom stereocenters. The number of benzene rings is 2. The van der Waals surface area contributed by atoms with Gasteiger partial charge < -0.3 is 10.2 Å². The van der Waals surface area contributed by atoms with Crippen molar-refractivity contribution >= 4 is 28.9 Å². The van der Waals surface area contributed by atoms with E-state index in [1.54, 1.807) is 12.1 Å². The van der Waals surface area contributed by atoms with Crippen molar-refractivity contribution < 1.29 is 9.72 Å². The molecule has 28 heavy (non-hydrogen) atoms. The van der Waals surface area contributed by atoms with Crippen LogP contribution in [-0.2, 0) is 11.3 Å². The first kappa shape index (κ1) is 20.1. The lowest BCUT2D eigenvalue weighted by Crippen LogP contribution is -2.53. The SMILES string of the molecule is CC(C(=O)NCc1ccc(Cl)cc1)N1CCN(c2ccc([N+](=O)[O-])cc2)CC1. The third kappa shape index (κ3) is 4.99. The van der Waals surface area contributed by atoms with Gasteiger partial charge in [-0.2, -0.15) is 0 Å². The van der Waals surface area contributed by atoms with E-state index in [9.17, 15) is 14.9 Å². The molecule has 7 nitrogen and oxygen atoms in total. The van der Waals surface area contributed by atoms with Crippen LogP contribution in [0.1, 0.15) is 12.5 Å². The van der Waals surface area contributed by atoms with Crippen molar-refractivity contribution in [3.63, 3.8) is 0 Å². The number of nitro groups is 1. The summed E-state index contributed by atoms with van der Waals surface area (Å²) in [5, 5.41) is 14.4. The molecule has 1 aliphatic heterocycles. The Morgan fingerprint density at radius 2 is 1.71 bits per heavy atom. The van der Waals surface area contributed by atoms with Gasteiger partial charge in [0, 0.05) is 55.6 Å². The van der Waals surface area contributed by atoms with Crippen molar-refractivity contribution in [2.75, 3.05) is 31.1 Å². The molecular weight excluding hydrogens is 380 g/mol. The number of anilines is 1. The number of hydrogen-bond donors (Lipinski definition) is 1. The number of nitrogens with one attached hydrogen (secondary N) is 1. The van der Waals surface area contributed by atoms with E-state index in [1.807, 2.05) is 31.2 Å². The van der Waals surface area contributed by atoms with E-state index in [0.29, 0.717) is 11.6 Å². The van der Waals surface area contributed by atoms with Crippen LogP contribution in [0.2, 0.25) is 5.02 Å². The van der Waals surface area contributed by atoms with Crippen LogP contribution in [0.5, 0.6) is 0 Å². The molecular formula is C20H23ClN4O3. The molecule has 0 aromatic heterocycles. The fourth-order valence-electron chi connectivity index (χ4n) is 3.26. The second-order valence-corrected chi connectivity index (χ2v) is 7.25. The molecule has 1 atom stereocenters. The minimum absolute atomic E-state index is 0.00117. The summed E-state index contributed by atoms with van der Waals surface area (Å²) in [4.78, 5) is 27.2. The maximum absolute atomic E-state index is 12.5. The first-order valence-electron chi connectivity index (χ1n) is 9.19. The lowest BCUT2D eigenvalue weighted by molar-refractivity contribution is -0.384. The molecule has 3 rings (SSSR count). The molecule has 0 bridgehead atoms. The summed E-state index contributed by atoms with van der Waals surface area (Å²) < 4.78 is 0. The molecule has 148 valence electrons. The number of nitrogens with zero attached hydrogens (tertiary/aromatic N) is 3. The van der Waals surface area contributed by atoms with Crippen LogP contribution >= 0.6 is 11.6 Å². The van der Waals surface area contributed by atoms with Crippen LogP contribution in [0.25, 0.3) is 0 Å². The number of carbonyl (C=O) groups is 1. The fourth-order valence-corrected chi connectivity index (χ4v) is 3.38. The summed E-state index contributed by atoms with van der Waals surface area (Å²) in [5.74, 6) is -0.00117. The van der Waals surface area contributed by atoms with Gasteiger partial charge in [-0.3, -0.25) is 19.8 Å². The van der Waals surface area contributed by atoms with Crippen LogP contribution in [-0.4, -0.2) is 48.0 Å². The molecule has 1 heterocycles. The zero-order valence-corrected chi connectivity index (χ0v) is 16.4. The number of nitro benzene ring substituents is 1. The van der Waals surface area contributed by atoms with E-state index in [4.69, 9.17) is 11.6 Å². The maximum atomic E-state index is 12.5. The van der Waals surface area contributed by atoms with Gasteiger partial charge in [0.05, 0.1) is 11.0 Å². The Morgan fingerprint density at radius 1 is 1.11 bits per heavy atom. The summed E-state index contributed by atoms with van der Waals surface area (Å²) in [7, 11) is 0. The van der Waals surface area contributed by atoms with E-state index < -0.39 is 4.92 Å². The zero-order chi connectivity index (χ0) is 20.1. The quantitative estimate of drug-likeness (QED) is 0.593. The molecule has 1 aliphatic rings. The van der Waals surface area contributed by atoms with E-state index in [-0.39, 0.29) is 17.6 Å². The highest BCUT2D eigenvalue weighted by Crippen LogP contribution is 2.21. The summed E-state index contributed by atoms with van der Waals surface area (Å²) in [5.41, 5.74) is 2.06. The fraction of sp³-hybridized carbons (Fsp3) is 0.350. The van der Waals surface area contributed by atoms with Crippen molar-refractivity contribution in [3.05, 3.63) is 69.2 Å². The molecule has 1 saturated heterocycles. The second kappa shape index (κ2) is 9.03. The number of non-ortho nitro benzene ring substituents is 1. The Kier molecular flexibility index (Phi) is 6.49. The highest BCUT2D eigenvalue weighted by molar-refractivity contribution is 6.30. The van der Waals surface area contributed by atoms with Crippen molar-refractivity contribution in [1.29, 1.82) is 0 Å². The molecule has 1 amide bonds. The molecule has 1 fully saturated rings. The number of amides is 1. The number of halogens is 1. The minimum atomic E-state index is -0.397. The number of carbonyl (C=O) groups excluding carboxylic acids is 1. The number of piperazine rings is 1. The average Bonchev–Trinajstić information content (AvgIpc) is 2.73. The molecule has 0 radical (unpaired) electrons. The first-order valence-corrected chi connectivity index (χ1v) is 9.57. The molecule has 2 aromatic rings. The first-order chi connectivity index (χ1) is 13.4. The predicted octanol–water partition coefficient (Wildman–Crippen LogP) is 3.08. The molecule has 8 heteroatoms. The Hall–Kier alpha value is -2.64. The summed E-state index contributed by atoms with van der Waals surface area (Å²) in [6.07, 6.45) is 0. The molecule has 0 saturated carbocycles. The average molecular weight is 403 g/mol. The molecule has 2 aromatic carbocycles. The third-order valence-electron chi connectivity index (χ3n) is 5.05. The third-order valence-corrected chi connectivity index (χ3v) is 5.30. The van der Waals surface area contributed by atoms with E-state index in [2.05, 4.69) is 15.1 Å². The van der Waals surface area contributed by atoms with Crippen molar-refractivity contribution in [3.8, 4) is 0 Å². The lowest BCUT2D eigenvalue weighted by Gasteiger charge is -2.38. The van der Waals surface area contributed by atoms with E-state index >= 15 is 0 Å². The van der Waals surface area contributed by atoms with Crippen LogP contribution in [0.3, 0.4) is 0 Å². The predicted molar refractivity (Wildman–Crippen MR) is 110 cm³/mol. The normalized spacial score (nSPS) is 15.9. The highest BCUT2D eigenvalue weighted by Gasteiger charge is 2.25. The van der Waals surface area contributed by atoms with Crippen molar-refractivity contribution in [2.45, 2.75) is 19.5 Å². The standard InChI is InChI=1S/C20H23ClN4O3/c1-15(20(26)22-14-16-2-4-17(21)5-3-16)23-10-12-24(13-11-23)18-6-8-19(9-7-18)25(27)28/h2-9,15H,10-14H2,1H3,(H,22,26). The van der Waals surface area contributed by atoms with Crippen LogP contribution in [0.4, 0.5) is 11.4 Å². The van der Waals surface area contributed by atoms with Gasteiger partial charge in [-0.15, -0.1) is 0 Å². The summed E-state index contributed by atoms with van der Waals surface area (Å²) in [6, 6.07) is 13.8. The highest BCUT2D eigenvalue weighted by atomic mass is 35.5. The Labute approximate surface area is 169 Å². The molecule has 0 spiro atoms. The Bertz CT molecular complexity index is 818. The van der Waals surface area contributed by atoms with Gasteiger partial charge in [0.25, 0.3) is 5.69 Å². The largest absolute Gasteiger partial charge is 0.369 e. The van der Waals surface area contributed by atoms with Gasteiger partial charge in [0.1, 0.15) is 0 Å². The molecule has 1 N–H and O–H groups in total. The second-order valence-electron chi connectivity index (χ2n) is 6.82. The van der Waals surface area contributed by atoms with Crippen molar-refractivity contribution in [2.24, 2.45) is 0 Å². The van der Waals surface area contributed by atoms with Gasteiger partial charge >= 0.3 is 0 Å². The van der Waals surface area contributed by atoms with Crippen LogP contribution in [0, 0.1) is 10.1 Å². The number of hydrogen-bond acceptors (Lipinski definition) is 5. The molecule has 0 aliphatic carbocycles. The van der Waals surface area contributed by atoms with Crippen LogP contribution < -0.4 is 10.2 Å². The Balaban J connectivity index is 1.48. The lowest BCUT2D eigenvalue weighted by atomic mass is 10.1. The van der Waals surface area contributed by atoms with Crippen molar-refractivity contribution in [1.82, 2.24) is 10.2 Å². The summed E-state index contributed by atoms with van der Waals surface area (Å²) in [6.45, 7) is 5.44. The number of rotatable bonds is 6. The monoisotopic (exact) mass is 402 g/mol. The van der Waals surface area contributed by atoms with Crippen LogP contribution in [0.15, 0.2) is 48.5 Å². The zero-order valence-electron chi connectivity index (χ0n) is 15.7. The minimum Gasteiger partial charge on any atom is -0.369 e. The van der Waals surface area contributed by atoms with Gasteiger partial charge in [-0.1, -0.05) is 23.7 Å². The topological polar surface area (TPSA) is 78.7 Å². The van der Waals surface area contributed by atoms with E-state index in [1.165, 1.54) is 12.1 Å².